The number of carbonyl (C=O) groups is 1. The summed E-state index contributed by atoms with van der Waals surface area (Å²) in [7, 11) is 0. The third kappa shape index (κ3) is 0.924. The minimum atomic E-state index is -0.331. The molecule has 1 N–H and O–H groups in total. The summed E-state index contributed by atoms with van der Waals surface area (Å²) in [6.45, 7) is 0.333. The van der Waals surface area contributed by atoms with Gasteiger partial charge in [-0.1, -0.05) is 0 Å². The van der Waals surface area contributed by atoms with Gasteiger partial charge in [0.1, 0.15) is 5.78 Å². The predicted molar refractivity (Wildman–Crippen MR) is 27.1 cm³/mol. The van der Waals surface area contributed by atoms with Crippen molar-refractivity contribution in [2.75, 3.05) is 6.54 Å². The Kier molecular flexibility index (Phi) is 1.39. The van der Waals surface area contributed by atoms with Gasteiger partial charge >= 0.3 is 0 Å². The second kappa shape index (κ2) is 2.05. The van der Waals surface area contributed by atoms with Crippen LogP contribution in [-0.4, -0.2) is 24.7 Å². The molecule has 1 atom stereocenters. The molecule has 1 radical (unpaired) electrons. The van der Waals surface area contributed by atoms with Crippen molar-refractivity contribution in [2.24, 2.45) is 0 Å². The summed E-state index contributed by atoms with van der Waals surface area (Å²) in [6.07, 6.45) is 2.04. The fourth-order valence-corrected chi connectivity index (χ4v) is 0.692. The lowest BCUT2D eigenvalue weighted by Gasteiger charge is -1.90. The lowest BCUT2D eigenvalue weighted by Crippen LogP contribution is -2.22. The van der Waals surface area contributed by atoms with Crippen LogP contribution < -0.4 is 5.32 Å². The zero-order chi connectivity index (χ0) is 5.98. The molecule has 0 spiro atoms. The highest BCUT2D eigenvalue weighted by Gasteiger charge is 2.20. The largest absolute Gasteiger partial charge is 0.300 e. The van der Waals surface area contributed by atoms with Gasteiger partial charge in [-0.25, -0.2) is 0 Å². The van der Waals surface area contributed by atoms with Gasteiger partial charge in [-0.2, -0.15) is 0 Å². The van der Waals surface area contributed by atoms with Crippen molar-refractivity contribution in [1.82, 2.24) is 5.32 Å². The Morgan fingerprint density at radius 1 is 1.75 bits per heavy atom. The number of rotatable bonds is 1. The number of nitrogens with one attached hydrogen (secondary N) is 1. The van der Waals surface area contributed by atoms with E-state index in [1.807, 2.05) is 0 Å². The number of carbonyl (C=O) groups excluding carboxylic acids is 2. The van der Waals surface area contributed by atoms with Gasteiger partial charge in [0.2, 0.25) is 6.29 Å². The van der Waals surface area contributed by atoms with E-state index < -0.39 is 0 Å². The summed E-state index contributed by atoms with van der Waals surface area (Å²) in [5.74, 6) is 0.0957. The summed E-state index contributed by atoms with van der Waals surface area (Å²) in [6, 6.07) is -0.331. The van der Waals surface area contributed by atoms with Crippen LogP contribution in [0.2, 0.25) is 0 Å². The Morgan fingerprint density at radius 3 is 2.75 bits per heavy atom. The lowest BCUT2D eigenvalue weighted by molar-refractivity contribution is -0.116. The van der Waals surface area contributed by atoms with Gasteiger partial charge in [0, 0.05) is 6.42 Å². The van der Waals surface area contributed by atoms with E-state index in [0.29, 0.717) is 13.0 Å². The van der Waals surface area contributed by atoms with Crippen LogP contribution in [0.5, 0.6) is 0 Å². The third-order valence-electron chi connectivity index (χ3n) is 1.12. The molecule has 1 saturated heterocycles. The van der Waals surface area contributed by atoms with E-state index in [9.17, 15) is 9.59 Å². The first kappa shape index (κ1) is 5.44. The molecule has 1 aliphatic rings. The van der Waals surface area contributed by atoms with Crippen molar-refractivity contribution in [3.05, 3.63) is 0 Å². The van der Waals surface area contributed by atoms with Gasteiger partial charge in [-0.05, 0) is 0 Å². The molecule has 1 heterocycles. The first-order valence-electron chi connectivity index (χ1n) is 2.45. The fraction of sp³-hybridized carbons (Fsp3) is 0.600. The molecule has 0 saturated carbocycles. The van der Waals surface area contributed by atoms with E-state index in [1.54, 1.807) is 6.29 Å². The van der Waals surface area contributed by atoms with Crippen molar-refractivity contribution >= 4 is 12.1 Å². The molecule has 1 rings (SSSR count). The summed E-state index contributed by atoms with van der Waals surface area (Å²) in [4.78, 5) is 20.2. The minimum Gasteiger partial charge on any atom is -0.300 e. The highest BCUT2D eigenvalue weighted by molar-refractivity contribution is 5.87. The van der Waals surface area contributed by atoms with Crippen LogP contribution in [0.4, 0.5) is 0 Å². The van der Waals surface area contributed by atoms with E-state index in [1.165, 1.54) is 0 Å². The lowest BCUT2D eigenvalue weighted by atomic mass is 10.2. The van der Waals surface area contributed by atoms with E-state index in [0.717, 1.165) is 0 Å². The van der Waals surface area contributed by atoms with Crippen molar-refractivity contribution in [1.29, 1.82) is 0 Å². The zero-order valence-corrected chi connectivity index (χ0v) is 4.31. The number of ketones is 1. The highest BCUT2D eigenvalue weighted by atomic mass is 16.1. The predicted octanol–water partition coefficient (Wildman–Crippen LogP) is -0.973. The molecule has 0 amide bonds. The molecular weight excluding hydrogens is 106 g/mol. The normalized spacial score (nSPS) is 28.5. The molecule has 3 nitrogen and oxygen atoms in total. The first-order valence-corrected chi connectivity index (χ1v) is 2.45. The van der Waals surface area contributed by atoms with Gasteiger partial charge in [0.25, 0.3) is 0 Å². The summed E-state index contributed by atoms with van der Waals surface area (Å²) < 4.78 is 0. The summed E-state index contributed by atoms with van der Waals surface area (Å²) in [5, 5.41) is 2.68. The van der Waals surface area contributed by atoms with Crippen molar-refractivity contribution < 1.29 is 9.59 Å². The average molecular weight is 112 g/mol. The molecule has 3 heteroatoms. The molecule has 0 aromatic carbocycles. The molecule has 1 aliphatic heterocycles. The van der Waals surface area contributed by atoms with E-state index in [2.05, 4.69) is 5.32 Å². The van der Waals surface area contributed by atoms with Crippen molar-refractivity contribution in [3.63, 3.8) is 0 Å². The van der Waals surface area contributed by atoms with E-state index >= 15 is 0 Å². The molecule has 0 aliphatic carbocycles. The molecule has 8 heavy (non-hydrogen) atoms. The van der Waals surface area contributed by atoms with Crippen LogP contribution in [0.1, 0.15) is 6.42 Å². The average Bonchev–Trinajstić information content (AvgIpc) is 2.14. The Balaban J connectivity index is 2.43. The second-order valence-electron chi connectivity index (χ2n) is 1.79. The topological polar surface area (TPSA) is 46.2 Å². The maximum atomic E-state index is 10.4. The van der Waals surface area contributed by atoms with Crippen LogP contribution in [-0.2, 0) is 9.59 Å². The van der Waals surface area contributed by atoms with Crippen LogP contribution in [0, 0.1) is 0 Å². The van der Waals surface area contributed by atoms with Gasteiger partial charge in [0.05, 0.1) is 12.6 Å². The van der Waals surface area contributed by atoms with Crippen LogP contribution in [0.3, 0.4) is 0 Å². The van der Waals surface area contributed by atoms with Crippen LogP contribution >= 0.6 is 0 Å². The van der Waals surface area contributed by atoms with Gasteiger partial charge < -0.3 is 0 Å². The quantitative estimate of drug-likeness (QED) is 0.474. The third-order valence-corrected chi connectivity index (χ3v) is 1.12. The number of hydrogen-bond donors (Lipinski definition) is 1. The highest BCUT2D eigenvalue weighted by Crippen LogP contribution is 1.96. The van der Waals surface area contributed by atoms with Crippen LogP contribution in [0.25, 0.3) is 0 Å². The second-order valence-corrected chi connectivity index (χ2v) is 1.79. The first-order chi connectivity index (χ1) is 3.83. The Labute approximate surface area is 47.1 Å². The maximum Gasteiger partial charge on any atom is 0.217 e. The molecule has 0 bridgehead atoms. The maximum absolute atomic E-state index is 10.4. The van der Waals surface area contributed by atoms with Gasteiger partial charge in [-0.15, -0.1) is 0 Å². The van der Waals surface area contributed by atoms with E-state index in [-0.39, 0.29) is 11.8 Å². The minimum absolute atomic E-state index is 0.0957. The summed E-state index contributed by atoms with van der Waals surface area (Å²) in [5.41, 5.74) is 0. The molecule has 0 aromatic rings. The molecular formula is C5H6NO2. The zero-order valence-electron chi connectivity index (χ0n) is 4.31. The van der Waals surface area contributed by atoms with Crippen LogP contribution in [0.15, 0.2) is 0 Å². The van der Waals surface area contributed by atoms with Crippen molar-refractivity contribution in [2.45, 2.75) is 12.5 Å². The van der Waals surface area contributed by atoms with E-state index in [4.69, 9.17) is 0 Å². The fourth-order valence-electron chi connectivity index (χ4n) is 0.692. The Bertz CT molecular complexity index is 122. The molecule has 0 aromatic heterocycles. The smallest absolute Gasteiger partial charge is 0.217 e. The summed E-state index contributed by atoms with van der Waals surface area (Å²) >= 11 is 0. The number of Topliss-reactive ketones (excluding diaryl/α,β-unsaturated/α-hetero) is 1. The molecule has 1 fully saturated rings. The molecule has 1 unspecified atom stereocenters. The standard InChI is InChI=1S/C5H6NO2/c7-3-4-1-5(8)2-6-4/h4,6H,1-2H2. The monoisotopic (exact) mass is 112 g/mol. The SMILES string of the molecule is O=[C]C1CC(=O)CN1. The van der Waals surface area contributed by atoms with Gasteiger partial charge in [0.15, 0.2) is 0 Å². The Morgan fingerprint density at radius 2 is 2.50 bits per heavy atom. The Hall–Kier alpha value is -0.700. The van der Waals surface area contributed by atoms with Gasteiger partial charge in [-0.3, -0.25) is 14.9 Å². The number of hydrogen-bond acceptors (Lipinski definition) is 3. The van der Waals surface area contributed by atoms with Crippen molar-refractivity contribution in [3.8, 4) is 0 Å². The molecule has 43 valence electrons.